The molecule has 0 bridgehead atoms. The van der Waals surface area contributed by atoms with Crippen LogP contribution in [0.2, 0.25) is 0 Å². The van der Waals surface area contributed by atoms with E-state index in [4.69, 9.17) is 4.74 Å². The summed E-state index contributed by atoms with van der Waals surface area (Å²) < 4.78 is 4.98. The van der Waals surface area contributed by atoms with Crippen molar-refractivity contribution in [2.24, 2.45) is 0 Å². The summed E-state index contributed by atoms with van der Waals surface area (Å²) in [4.78, 5) is 44.0. The maximum absolute atomic E-state index is 12.7. The van der Waals surface area contributed by atoms with Crippen LogP contribution in [0, 0.1) is 0 Å². The quantitative estimate of drug-likeness (QED) is 0.734. The van der Waals surface area contributed by atoms with Crippen molar-refractivity contribution in [3.63, 3.8) is 0 Å². The van der Waals surface area contributed by atoms with E-state index >= 15 is 0 Å². The molecule has 2 rings (SSSR count). The van der Waals surface area contributed by atoms with Gasteiger partial charge in [0.25, 0.3) is 11.8 Å². The molecule has 0 saturated carbocycles. The average molecular weight is 376 g/mol. The normalized spacial score (nSPS) is 14.0. The van der Waals surface area contributed by atoms with E-state index in [0.29, 0.717) is 44.9 Å². The standard InChI is InChI=1S/C19H28N4O4/c1-3-5-6-8-21-17(24)15-7-9-20-16(14-15)18(25)22-10-12-23(13-11-22)19(26)27-4-2/h7,9,14H,3-6,8,10-13H2,1-2H3,(H,21,24). The maximum atomic E-state index is 12.7. The van der Waals surface area contributed by atoms with Gasteiger partial charge in [0.15, 0.2) is 0 Å². The van der Waals surface area contributed by atoms with E-state index in [1.807, 2.05) is 0 Å². The molecule has 1 aromatic heterocycles. The summed E-state index contributed by atoms with van der Waals surface area (Å²) in [7, 11) is 0. The molecule has 0 radical (unpaired) electrons. The van der Waals surface area contributed by atoms with E-state index in [0.717, 1.165) is 19.3 Å². The van der Waals surface area contributed by atoms with Crippen molar-refractivity contribution in [3.05, 3.63) is 29.6 Å². The third-order valence-electron chi connectivity index (χ3n) is 4.40. The fraction of sp³-hybridized carbons (Fsp3) is 0.579. The molecule has 148 valence electrons. The van der Waals surface area contributed by atoms with Crippen LogP contribution in [0.5, 0.6) is 0 Å². The number of nitrogens with one attached hydrogen (secondary N) is 1. The van der Waals surface area contributed by atoms with Crippen LogP contribution >= 0.6 is 0 Å². The number of carbonyl (C=O) groups is 3. The van der Waals surface area contributed by atoms with Crippen LogP contribution in [-0.4, -0.2) is 72.0 Å². The van der Waals surface area contributed by atoms with E-state index < -0.39 is 0 Å². The van der Waals surface area contributed by atoms with Crippen molar-refractivity contribution in [2.45, 2.75) is 33.1 Å². The third-order valence-corrected chi connectivity index (χ3v) is 4.40. The van der Waals surface area contributed by atoms with Gasteiger partial charge in [-0.05, 0) is 25.5 Å². The molecule has 2 heterocycles. The Hall–Kier alpha value is -2.64. The average Bonchev–Trinajstić information content (AvgIpc) is 2.71. The highest BCUT2D eigenvalue weighted by atomic mass is 16.6. The number of nitrogens with zero attached hydrogens (tertiary/aromatic N) is 3. The summed E-state index contributed by atoms with van der Waals surface area (Å²) in [5, 5.41) is 2.86. The molecule has 1 fully saturated rings. The number of amides is 3. The maximum Gasteiger partial charge on any atom is 0.409 e. The molecule has 0 aromatic carbocycles. The molecule has 8 heteroatoms. The zero-order chi connectivity index (χ0) is 19.6. The Balaban J connectivity index is 1.91. The van der Waals surface area contributed by atoms with E-state index in [-0.39, 0.29) is 23.6 Å². The van der Waals surface area contributed by atoms with Crippen molar-refractivity contribution in [2.75, 3.05) is 39.3 Å². The molecule has 8 nitrogen and oxygen atoms in total. The van der Waals surface area contributed by atoms with Crippen LogP contribution < -0.4 is 5.32 Å². The van der Waals surface area contributed by atoms with Crippen molar-refractivity contribution in [1.29, 1.82) is 0 Å². The molecule has 27 heavy (non-hydrogen) atoms. The minimum Gasteiger partial charge on any atom is -0.450 e. The number of unbranched alkanes of at least 4 members (excludes halogenated alkanes) is 2. The molecule has 1 aliphatic rings. The molecular weight excluding hydrogens is 348 g/mol. The van der Waals surface area contributed by atoms with Gasteiger partial charge < -0.3 is 19.9 Å². The van der Waals surface area contributed by atoms with Gasteiger partial charge in [-0.2, -0.15) is 0 Å². The van der Waals surface area contributed by atoms with Crippen molar-refractivity contribution in [3.8, 4) is 0 Å². The number of carbonyl (C=O) groups excluding carboxylic acids is 3. The van der Waals surface area contributed by atoms with Gasteiger partial charge in [-0.25, -0.2) is 4.79 Å². The van der Waals surface area contributed by atoms with Gasteiger partial charge in [-0.15, -0.1) is 0 Å². The molecule has 1 N–H and O–H groups in total. The molecule has 1 aromatic rings. The van der Waals surface area contributed by atoms with E-state index in [1.165, 1.54) is 12.3 Å². The molecule has 0 aliphatic carbocycles. The Morgan fingerprint density at radius 2 is 1.81 bits per heavy atom. The first-order valence-corrected chi connectivity index (χ1v) is 9.52. The van der Waals surface area contributed by atoms with E-state index in [9.17, 15) is 14.4 Å². The molecule has 1 aliphatic heterocycles. The lowest BCUT2D eigenvalue weighted by Crippen LogP contribution is -2.50. The van der Waals surface area contributed by atoms with Crippen molar-refractivity contribution in [1.82, 2.24) is 20.1 Å². The number of hydrogen-bond donors (Lipinski definition) is 1. The smallest absolute Gasteiger partial charge is 0.409 e. The second-order valence-corrected chi connectivity index (χ2v) is 6.37. The van der Waals surface area contributed by atoms with Crippen LogP contribution in [-0.2, 0) is 4.74 Å². The molecule has 0 unspecified atom stereocenters. The second-order valence-electron chi connectivity index (χ2n) is 6.37. The van der Waals surface area contributed by atoms with Gasteiger partial charge in [0.2, 0.25) is 0 Å². The summed E-state index contributed by atoms with van der Waals surface area (Å²) in [5.41, 5.74) is 0.663. The lowest BCUT2D eigenvalue weighted by atomic mass is 10.2. The molecule has 3 amide bonds. The van der Waals surface area contributed by atoms with Crippen LogP contribution in [0.4, 0.5) is 4.79 Å². The van der Waals surface area contributed by atoms with Crippen molar-refractivity contribution >= 4 is 17.9 Å². The highest BCUT2D eigenvalue weighted by Crippen LogP contribution is 2.10. The first-order valence-electron chi connectivity index (χ1n) is 9.52. The molecule has 0 atom stereocenters. The van der Waals surface area contributed by atoms with Crippen LogP contribution in [0.15, 0.2) is 18.3 Å². The van der Waals surface area contributed by atoms with Gasteiger partial charge in [-0.1, -0.05) is 19.8 Å². The number of ether oxygens (including phenoxy) is 1. The summed E-state index contributed by atoms with van der Waals surface area (Å²) in [6.45, 7) is 6.47. The fourth-order valence-electron chi connectivity index (χ4n) is 2.84. The largest absolute Gasteiger partial charge is 0.450 e. The predicted octanol–water partition coefficient (Wildman–Crippen LogP) is 1.92. The lowest BCUT2D eigenvalue weighted by Gasteiger charge is -2.33. The monoisotopic (exact) mass is 376 g/mol. The molecular formula is C19H28N4O4. The van der Waals surface area contributed by atoms with Gasteiger partial charge in [0.05, 0.1) is 6.61 Å². The lowest BCUT2D eigenvalue weighted by molar-refractivity contribution is 0.0566. The highest BCUT2D eigenvalue weighted by Gasteiger charge is 2.26. The summed E-state index contributed by atoms with van der Waals surface area (Å²) in [6.07, 6.45) is 4.21. The third kappa shape index (κ3) is 5.94. The van der Waals surface area contributed by atoms with Crippen LogP contribution in [0.3, 0.4) is 0 Å². The second kappa shape index (κ2) is 10.5. The van der Waals surface area contributed by atoms with E-state index in [1.54, 1.807) is 22.8 Å². The van der Waals surface area contributed by atoms with Crippen LogP contribution in [0.1, 0.15) is 54.0 Å². The molecule has 1 saturated heterocycles. The predicted molar refractivity (Wildman–Crippen MR) is 101 cm³/mol. The highest BCUT2D eigenvalue weighted by molar-refractivity contribution is 5.98. The van der Waals surface area contributed by atoms with Crippen molar-refractivity contribution < 1.29 is 19.1 Å². The topological polar surface area (TPSA) is 91.8 Å². The zero-order valence-corrected chi connectivity index (χ0v) is 16.1. The summed E-state index contributed by atoms with van der Waals surface area (Å²) in [6, 6.07) is 3.12. The minimum atomic E-state index is -0.357. The Kier molecular flexibility index (Phi) is 8.03. The number of rotatable bonds is 7. The summed E-state index contributed by atoms with van der Waals surface area (Å²) in [5.74, 6) is -0.436. The fourth-order valence-corrected chi connectivity index (χ4v) is 2.84. The Bertz CT molecular complexity index is 657. The summed E-state index contributed by atoms with van der Waals surface area (Å²) >= 11 is 0. The molecule has 0 spiro atoms. The Morgan fingerprint density at radius 1 is 1.11 bits per heavy atom. The van der Waals surface area contributed by atoms with Gasteiger partial charge >= 0.3 is 6.09 Å². The number of aromatic nitrogens is 1. The SMILES string of the molecule is CCCCCNC(=O)c1ccnc(C(=O)N2CCN(C(=O)OCC)CC2)c1. The Morgan fingerprint density at radius 3 is 2.48 bits per heavy atom. The first kappa shape index (κ1) is 20.7. The zero-order valence-electron chi connectivity index (χ0n) is 16.1. The number of pyridine rings is 1. The first-order chi connectivity index (χ1) is 13.1. The van der Waals surface area contributed by atoms with Gasteiger partial charge in [0, 0.05) is 44.5 Å². The number of piperazine rings is 1. The number of hydrogen-bond acceptors (Lipinski definition) is 5. The minimum absolute atomic E-state index is 0.199. The van der Waals surface area contributed by atoms with Crippen LogP contribution in [0.25, 0.3) is 0 Å². The Labute approximate surface area is 159 Å². The van der Waals surface area contributed by atoms with Gasteiger partial charge in [-0.3, -0.25) is 14.6 Å². The van der Waals surface area contributed by atoms with E-state index in [2.05, 4.69) is 17.2 Å². The van der Waals surface area contributed by atoms with Gasteiger partial charge in [0.1, 0.15) is 5.69 Å².